The normalized spacial score (nSPS) is 17.3. The molecule has 0 spiro atoms. The van der Waals surface area contributed by atoms with E-state index in [0.717, 1.165) is 41.6 Å². The lowest BCUT2D eigenvalue weighted by molar-refractivity contribution is -0.187. The van der Waals surface area contributed by atoms with Crippen LogP contribution in [0, 0.1) is 5.82 Å². The molecule has 14 heteroatoms. The number of nitrogens with zero attached hydrogens (tertiary/aromatic N) is 2. The summed E-state index contributed by atoms with van der Waals surface area (Å²) in [7, 11) is 1.16. The molecule has 0 fully saturated rings. The van der Waals surface area contributed by atoms with Crippen LogP contribution in [0.3, 0.4) is 0 Å². The number of hydrogen-bond acceptors (Lipinski definition) is 6. The number of thiazole rings is 1. The molecule has 1 aliphatic rings. The molecule has 4 N–H and O–H groups in total. The number of fused-ring (bicyclic) bond motifs is 2. The number of carbonyl (C=O) groups is 2. The van der Waals surface area contributed by atoms with Gasteiger partial charge < -0.3 is 20.5 Å². The Kier molecular flexibility index (Phi) is 5.62. The fourth-order valence-corrected chi connectivity index (χ4v) is 4.91. The Labute approximate surface area is 209 Å². The zero-order valence-corrected chi connectivity index (χ0v) is 19.6. The summed E-state index contributed by atoms with van der Waals surface area (Å²) in [6, 6.07) is 9.01. The highest BCUT2D eigenvalue weighted by atomic mass is 32.1. The van der Waals surface area contributed by atoms with Crippen molar-refractivity contribution >= 4 is 55.7 Å². The lowest BCUT2D eigenvalue weighted by atomic mass is 9.85. The van der Waals surface area contributed by atoms with Crippen LogP contribution in [0.15, 0.2) is 59.5 Å². The average Bonchev–Trinajstić information content (AvgIpc) is 3.23. The van der Waals surface area contributed by atoms with Crippen LogP contribution < -0.4 is 26.4 Å². The standard InChI is InChI=1S/C23H16F4N6O3S/c1-33-16-9-18(34)28-10-15(16)32-22(19(33)35,23(25,26)27)11-2-7-14-17(8-11)37-21(30-14)31-20(36)29-13-5-3-12(24)4-6-13/h2-10,32H,1H3,(H,28,34)(H2,29,30,31,36). The van der Waals surface area contributed by atoms with Crippen molar-refractivity contribution in [2.75, 3.05) is 27.9 Å². The van der Waals surface area contributed by atoms with Crippen molar-refractivity contribution in [3.05, 3.63) is 76.5 Å². The highest BCUT2D eigenvalue weighted by Gasteiger charge is 2.64. The molecule has 0 saturated carbocycles. The number of benzene rings is 2. The van der Waals surface area contributed by atoms with Crippen molar-refractivity contribution in [3.63, 3.8) is 0 Å². The molecule has 4 aromatic rings. The number of hydrogen-bond donors (Lipinski definition) is 4. The maximum absolute atomic E-state index is 14.6. The van der Waals surface area contributed by atoms with Gasteiger partial charge in [-0.1, -0.05) is 17.4 Å². The summed E-state index contributed by atoms with van der Waals surface area (Å²) in [5.41, 5.74) is -3.57. The molecule has 9 nitrogen and oxygen atoms in total. The Morgan fingerprint density at radius 2 is 1.81 bits per heavy atom. The number of rotatable bonds is 3. The minimum atomic E-state index is -5.07. The highest BCUT2D eigenvalue weighted by Crippen LogP contribution is 2.48. The molecule has 3 amide bonds. The largest absolute Gasteiger partial charge is 0.424 e. The van der Waals surface area contributed by atoms with Crippen molar-refractivity contribution < 1.29 is 27.2 Å². The Morgan fingerprint density at radius 1 is 1.08 bits per heavy atom. The van der Waals surface area contributed by atoms with E-state index in [0.29, 0.717) is 11.2 Å². The van der Waals surface area contributed by atoms with E-state index in [-0.39, 0.29) is 21.2 Å². The Balaban J connectivity index is 1.49. The van der Waals surface area contributed by atoms with Crippen LogP contribution in [0.4, 0.5) is 44.5 Å². The van der Waals surface area contributed by atoms with Crippen LogP contribution in [0.2, 0.25) is 0 Å². The van der Waals surface area contributed by atoms with Crippen molar-refractivity contribution in [2.45, 2.75) is 11.7 Å². The van der Waals surface area contributed by atoms with Crippen molar-refractivity contribution in [2.24, 2.45) is 0 Å². The van der Waals surface area contributed by atoms with Crippen molar-refractivity contribution in [3.8, 4) is 0 Å². The molecule has 3 heterocycles. The van der Waals surface area contributed by atoms with Crippen LogP contribution in [0.5, 0.6) is 0 Å². The second-order valence-corrected chi connectivity index (χ2v) is 9.15. The summed E-state index contributed by atoms with van der Waals surface area (Å²) < 4.78 is 57.1. The van der Waals surface area contributed by atoms with Crippen LogP contribution in [0.25, 0.3) is 10.2 Å². The zero-order chi connectivity index (χ0) is 26.5. The number of H-pyrrole nitrogens is 1. The van der Waals surface area contributed by atoms with Crippen LogP contribution in [0.1, 0.15) is 5.56 Å². The van der Waals surface area contributed by atoms with Crippen molar-refractivity contribution in [1.29, 1.82) is 0 Å². The van der Waals surface area contributed by atoms with E-state index in [1.165, 1.54) is 36.4 Å². The summed E-state index contributed by atoms with van der Waals surface area (Å²) in [4.78, 5) is 44.4. The van der Waals surface area contributed by atoms with Gasteiger partial charge in [0.05, 0.1) is 21.6 Å². The number of anilines is 4. The number of aromatic amines is 1. The van der Waals surface area contributed by atoms with E-state index in [2.05, 4.69) is 25.9 Å². The molecule has 1 atom stereocenters. The lowest BCUT2D eigenvalue weighted by Crippen LogP contribution is -2.62. The quantitative estimate of drug-likeness (QED) is 0.287. The molecule has 2 aromatic carbocycles. The Morgan fingerprint density at radius 3 is 2.51 bits per heavy atom. The lowest BCUT2D eigenvalue weighted by Gasteiger charge is -2.43. The minimum Gasteiger partial charge on any atom is -0.357 e. The molecule has 190 valence electrons. The molecular weight excluding hydrogens is 516 g/mol. The number of urea groups is 1. The van der Waals surface area contributed by atoms with Crippen LogP contribution in [-0.2, 0) is 10.3 Å². The maximum Gasteiger partial charge on any atom is 0.424 e. The SMILES string of the molecule is CN1C(=O)C(c2ccc3nc(NC(=O)Nc4ccc(F)cc4)sc3c2)(C(F)(F)F)Nc2c[nH]c(=O)cc21. The summed E-state index contributed by atoms with van der Waals surface area (Å²) in [5, 5.41) is 7.37. The molecule has 0 aliphatic carbocycles. The fourth-order valence-electron chi connectivity index (χ4n) is 4.01. The fraction of sp³-hybridized carbons (Fsp3) is 0.130. The number of pyridine rings is 1. The number of amides is 3. The van der Waals surface area contributed by atoms with Gasteiger partial charge >= 0.3 is 12.2 Å². The first kappa shape index (κ1) is 24.2. The van der Waals surface area contributed by atoms with E-state index in [4.69, 9.17) is 0 Å². The van der Waals surface area contributed by atoms with Gasteiger partial charge in [-0.05, 0) is 42.0 Å². The second-order valence-electron chi connectivity index (χ2n) is 8.12. The third-order valence-electron chi connectivity index (χ3n) is 5.78. The van der Waals surface area contributed by atoms with Gasteiger partial charge in [0.15, 0.2) is 5.13 Å². The molecule has 0 saturated heterocycles. The maximum atomic E-state index is 14.6. The molecule has 1 unspecified atom stereocenters. The minimum absolute atomic E-state index is 0.00569. The van der Waals surface area contributed by atoms with E-state index < -0.39 is 40.6 Å². The molecule has 37 heavy (non-hydrogen) atoms. The molecule has 0 radical (unpaired) electrons. The van der Waals surface area contributed by atoms with E-state index in [1.807, 2.05) is 0 Å². The molecule has 2 aromatic heterocycles. The summed E-state index contributed by atoms with van der Waals surface area (Å²) >= 11 is 0.905. The van der Waals surface area contributed by atoms with Gasteiger partial charge in [0, 0.05) is 25.0 Å². The van der Waals surface area contributed by atoms with Gasteiger partial charge in [-0.3, -0.25) is 14.9 Å². The number of aromatic nitrogens is 2. The third kappa shape index (κ3) is 4.14. The topological polar surface area (TPSA) is 119 Å². The predicted octanol–water partition coefficient (Wildman–Crippen LogP) is 4.61. The van der Waals surface area contributed by atoms with Gasteiger partial charge in [-0.15, -0.1) is 0 Å². The monoisotopic (exact) mass is 532 g/mol. The summed E-state index contributed by atoms with van der Waals surface area (Å²) in [6.45, 7) is 0. The molecule has 1 aliphatic heterocycles. The average molecular weight is 532 g/mol. The van der Waals surface area contributed by atoms with E-state index in [1.54, 1.807) is 0 Å². The number of alkyl halides is 3. The first-order chi connectivity index (χ1) is 17.5. The Hall–Kier alpha value is -4.46. The summed E-state index contributed by atoms with van der Waals surface area (Å²) in [6.07, 6.45) is -3.99. The first-order valence-corrected chi connectivity index (χ1v) is 11.4. The van der Waals surface area contributed by atoms with Crippen LogP contribution >= 0.6 is 11.3 Å². The van der Waals surface area contributed by atoms with Gasteiger partial charge in [0.2, 0.25) is 11.1 Å². The number of nitrogens with one attached hydrogen (secondary N) is 4. The number of carbonyl (C=O) groups excluding carboxylic acids is 2. The first-order valence-electron chi connectivity index (χ1n) is 10.6. The Bertz CT molecular complexity index is 1600. The summed E-state index contributed by atoms with van der Waals surface area (Å²) in [5.74, 6) is -1.79. The van der Waals surface area contributed by atoms with Crippen molar-refractivity contribution in [1.82, 2.24) is 9.97 Å². The number of likely N-dealkylation sites (N-methyl/N-ethyl adjacent to an activating group) is 1. The highest BCUT2D eigenvalue weighted by molar-refractivity contribution is 7.22. The van der Waals surface area contributed by atoms with E-state index in [9.17, 15) is 31.9 Å². The molecular formula is C23H16F4N6O3S. The third-order valence-corrected chi connectivity index (χ3v) is 6.71. The smallest absolute Gasteiger partial charge is 0.357 e. The van der Waals surface area contributed by atoms with Gasteiger partial charge in [-0.25, -0.2) is 14.2 Å². The molecule has 5 rings (SSSR count). The predicted molar refractivity (Wildman–Crippen MR) is 130 cm³/mol. The number of halogens is 4. The zero-order valence-electron chi connectivity index (χ0n) is 18.7. The van der Waals surface area contributed by atoms with Crippen LogP contribution in [-0.4, -0.2) is 35.1 Å². The van der Waals surface area contributed by atoms with Gasteiger partial charge in [0.25, 0.3) is 5.91 Å². The molecule has 0 bridgehead atoms. The van der Waals surface area contributed by atoms with Gasteiger partial charge in [-0.2, -0.15) is 13.2 Å². The van der Waals surface area contributed by atoms with Gasteiger partial charge in [0.1, 0.15) is 5.82 Å². The second kappa shape index (κ2) is 8.58. The van der Waals surface area contributed by atoms with E-state index >= 15 is 0 Å².